The molecule has 1 fully saturated rings. The number of rotatable bonds is 5. The van der Waals surface area contributed by atoms with Crippen LogP contribution in [-0.4, -0.2) is 42.7 Å². The van der Waals surface area contributed by atoms with Gasteiger partial charge < -0.3 is 9.47 Å². The Balaban J connectivity index is 2.39. The van der Waals surface area contributed by atoms with Crippen LogP contribution in [0.15, 0.2) is 23.8 Å². The molecule has 8 heteroatoms. The number of carbonyl (C=O) groups is 5. The molecule has 1 aliphatic heterocycles. The summed E-state index contributed by atoms with van der Waals surface area (Å²) in [4.78, 5) is 59.3. The number of hydrogen-bond donors (Lipinski definition) is 1. The Bertz CT molecular complexity index is 691. The Morgan fingerprint density at radius 3 is 2.58 bits per heavy atom. The molecular formula is C16H17NO7. The first kappa shape index (κ1) is 17.6. The number of Topliss-reactive ketones (excluding diaryl/α,β-unsaturated/α-hetero) is 1. The van der Waals surface area contributed by atoms with Crippen molar-refractivity contribution in [2.75, 3.05) is 7.11 Å². The monoisotopic (exact) mass is 335 g/mol. The molecule has 3 atom stereocenters. The number of ketones is 1. The molecule has 128 valence electrons. The lowest BCUT2D eigenvalue weighted by molar-refractivity contribution is -0.158. The summed E-state index contributed by atoms with van der Waals surface area (Å²) < 4.78 is 9.84. The minimum Gasteiger partial charge on any atom is -0.466 e. The standard InChI is InChI=1S/C16H17NO7/c1-8(18)7-11(19)24-9(2)16-6-4-5-10(14(21)23-3)12(16)13(20)17-15(16)22/h4-6,9,12H,7H2,1-3H3,(H,17,20,22). The van der Waals surface area contributed by atoms with Crippen LogP contribution in [-0.2, 0) is 33.4 Å². The second-order valence-corrected chi connectivity index (χ2v) is 5.67. The Labute approximate surface area is 137 Å². The molecule has 2 aliphatic rings. The van der Waals surface area contributed by atoms with E-state index in [0.29, 0.717) is 0 Å². The first-order chi connectivity index (χ1) is 11.2. The smallest absolute Gasteiger partial charge is 0.334 e. The van der Waals surface area contributed by atoms with E-state index < -0.39 is 47.6 Å². The van der Waals surface area contributed by atoms with E-state index in [4.69, 9.17) is 4.74 Å². The van der Waals surface area contributed by atoms with Gasteiger partial charge in [0.05, 0.1) is 18.6 Å². The van der Waals surface area contributed by atoms with E-state index in [1.54, 1.807) is 0 Å². The summed E-state index contributed by atoms with van der Waals surface area (Å²) >= 11 is 0. The van der Waals surface area contributed by atoms with Crippen LogP contribution in [0, 0.1) is 11.3 Å². The molecule has 1 N–H and O–H groups in total. The number of methoxy groups -OCH3 is 1. The number of esters is 2. The number of ether oxygens (including phenoxy) is 2. The summed E-state index contributed by atoms with van der Waals surface area (Å²) in [6.07, 6.45) is 2.75. The molecule has 1 saturated heterocycles. The molecule has 0 saturated carbocycles. The molecule has 2 rings (SSSR count). The average Bonchev–Trinajstić information content (AvgIpc) is 2.77. The number of hydrogen-bond acceptors (Lipinski definition) is 7. The third-order valence-electron chi connectivity index (χ3n) is 4.12. The Morgan fingerprint density at radius 1 is 1.33 bits per heavy atom. The Morgan fingerprint density at radius 2 is 2.00 bits per heavy atom. The van der Waals surface area contributed by atoms with Crippen molar-refractivity contribution in [1.29, 1.82) is 0 Å². The molecule has 2 amide bonds. The zero-order valence-electron chi connectivity index (χ0n) is 13.5. The number of amides is 2. The lowest BCUT2D eigenvalue weighted by Gasteiger charge is -2.35. The number of imide groups is 1. The number of nitrogens with one attached hydrogen (secondary N) is 1. The largest absolute Gasteiger partial charge is 0.466 e. The van der Waals surface area contributed by atoms with Gasteiger partial charge >= 0.3 is 11.9 Å². The molecule has 1 heterocycles. The fourth-order valence-electron chi connectivity index (χ4n) is 3.02. The normalized spacial score (nSPS) is 26.1. The number of fused-ring (bicyclic) bond motifs is 1. The lowest BCUT2D eigenvalue weighted by Crippen LogP contribution is -2.47. The minimum atomic E-state index is -1.55. The van der Waals surface area contributed by atoms with Crippen molar-refractivity contribution < 1.29 is 33.4 Å². The predicted octanol–water partition coefficient (Wildman–Crippen LogP) is -0.175. The second-order valence-electron chi connectivity index (χ2n) is 5.67. The van der Waals surface area contributed by atoms with Gasteiger partial charge in [-0.3, -0.25) is 24.5 Å². The molecule has 0 aromatic carbocycles. The first-order valence-electron chi connectivity index (χ1n) is 7.26. The molecule has 0 spiro atoms. The highest BCUT2D eigenvalue weighted by atomic mass is 16.5. The highest BCUT2D eigenvalue weighted by molar-refractivity contribution is 6.14. The Kier molecular flexibility index (Phi) is 4.68. The van der Waals surface area contributed by atoms with E-state index in [1.165, 1.54) is 32.1 Å². The maximum atomic E-state index is 12.4. The van der Waals surface area contributed by atoms with Crippen LogP contribution in [0.5, 0.6) is 0 Å². The summed E-state index contributed by atoms with van der Waals surface area (Å²) in [5, 5.41) is 2.17. The molecule has 0 aromatic heterocycles. The number of carbonyl (C=O) groups excluding carboxylic acids is 5. The van der Waals surface area contributed by atoms with Gasteiger partial charge in [0, 0.05) is 0 Å². The van der Waals surface area contributed by atoms with Gasteiger partial charge in [-0.25, -0.2) is 4.79 Å². The van der Waals surface area contributed by atoms with Crippen LogP contribution in [0.1, 0.15) is 20.3 Å². The van der Waals surface area contributed by atoms with Crippen LogP contribution >= 0.6 is 0 Å². The van der Waals surface area contributed by atoms with Gasteiger partial charge in [0.15, 0.2) is 0 Å². The lowest BCUT2D eigenvalue weighted by atomic mass is 9.67. The predicted molar refractivity (Wildman–Crippen MR) is 79.2 cm³/mol. The van der Waals surface area contributed by atoms with Crippen LogP contribution in [0.25, 0.3) is 0 Å². The molecule has 3 unspecified atom stereocenters. The van der Waals surface area contributed by atoms with Crippen molar-refractivity contribution in [2.24, 2.45) is 11.3 Å². The minimum absolute atomic E-state index is 0.00202. The van der Waals surface area contributed by atoms with E-state index >= 15 is 0 Å². The maximum Gasteiger partial charge on any atom is 0.334 e. The quantitative estimate of drug-likeness (QED) is 0.421. The molecule has 24 heavy (non-hydrogen) atoms. The van der Waals surface area contributed by atoms with E-state index in [1.807, 2.05) is 0 Å². The van der Waals surface area contributed by atoms with Crippen molar-refractivity contribution in [3.63, 3.8) is 0 Å². The van der Waals surface area contributed by atoms with Crippen LogP contribution in [0.4, 0.5) is 0 Å². The molecule has 1 aliphatic carbocycles. The SMILES string of the molecule is COC(=O)C1=CC=CC2(C(C)OC(=O)CC(C)=O)C(=O)NC(=O)C12. The molecule has 8 nitrogen and oxygen atoms in total. The fourth-order valence-corrected chi connectivity index (χ4v) is 3.02. The summed E-state index contributed by atoms with van der Waals surface area (Å²) in [7, 11) is 1.16. The van der Waals surface area contributed by atoms with E-state index in [-0.39, 0.29) is 11.4 Å². The van der Waals surface area contributed by atoms with Gasteiger partial charge in [-0.2, -0.15) is 0 Å². The number of allylic oxidation sites excluding steroid dienone is 2. The molecule has 0 radical (unpaired) electrons. The van der Waals surface area contributed by atoms with E-state index in [9.17, 15) is 24.0 Å². The molecule has 0 aromatic rings. The van der Waals surface area contributed by atoms with Gasteiger partial charge in [0.2, 0.25) is 11.8 Å². The van der Waals surface area contributed by atoms with Crippen molar-refractivity contribution in [1.82, 2.24) is 5.32 Å². The molecule has 0 bridgehead atoms. The average molecular weight is 335 g/mol. The Hall–Kier alpha value is -2.77. The summed E-state index contributed by atoms with van der Waals surface area (Å²) in [6.45, 7) is 2.67. The van der Waals surface area contributed by atoms with Gasteiger partial charge in [-0.15, -0.1) is 0 Å². The van der Waals surface area contributed by atoms with Gasteiger partial charge in [0.1, 0.15) is 23.7 Å². The van der Waals surface area contributed by atoms with E-state index in [0.717, 1.165) is 7.11 Å². The van der Waals surface area contributed by atoms with Crippen molar-refractivity contribution in [3.8, 4) is 0 Å². The van der Waals surface area contributed by atoms with Gasteiger partial charge in [-0.05, 0) is 13.8 Å². The summed E-state index contributed by atoms with van der Waals surface area (Å²) in [5.41, 5.74) is -1.56. The fraction of sp³-hybridized carbons (Fsp3) is 0.438. The highest BCUT2D eigenvalue weighted by Crippen LogP contribution is 2.46. The van der Waals surface area contributed by atoms with Crippen LogP contribution in [0.2, 0.25) is 0 Å². The first-order valence-corrected chi connectivity index (χ1v) is 7.26. The van der Waals surface area contributed by atoms with Crippen LogP contribution in [0.3, 0.4) is 0 Å². The van der Waals surface area contributed by atoms with Gasteiger partial charge in [0.25, 0.3) is 0 Å². The third-order valence-corrected chi connectivity index (χ3v) is 4.12. The second kappa shape index (κ2) is 6.38. The summed E-state index contributed by atoms with van der Waals surface area (Å²) in [6, 6.07) is 0. The van der Waals surface area contributed by atoms with Crippen LogP contribution < -0.4 is 5.32 Å². The third kappa shape index (κ3) is 2.75. The topological polar surface area (TPSA) is 116 Å². The van der Waals surface area contributed by atoms with Gasteiger partial charge in [-0.1, -0.05) is 18.2 Å². The summed E-state index contributed by atoms with van der Waals surface area (Å²) in [5.74, 6) is -4.45. The maximum absolute atomic E-state index is 12.4. The zero-order valence-corrected chi connectivity index (χ0v) is 13.5. The van der Waals surface area contributed by atoms with E-state index in [2.05, 4.69) is 10.1 Å². The highest BCUT2D eigenvalue weighted by Gasteiger charge is 2.61. The zero-order chi connectivity index (χ0) is 18.1. The van der Waals surface area contributed by atoms with Crippen molar-refractivity contribution >= 4 is 29.5 Å². The molecular weight excluding hydrogens is 318 g/mol. The van der Waals surface area contributed by atoms with Crippen molar-refractivity contribution in [3.05, 3.63) is 23.8 Å². The van der Waals surface area contributed by atoms with Crippen molar-refractivity contribution in [2.45, 2.75) is 26.4 Å².